The number of aryl methyl sites for hydroxylation is 2. The van der Waals surface area contributed by atoms with E-state index in [-0.39, 0.29) is 16.6 Å². The summed E-state index contributed by atoms with van der Waals surface area (Å²) >= 11 is 0. The van der Waals surface area contributed by atoms with Gasteiger partial charge in [-0.15, -0.1) is 0 Å². The molecule has 0 bridgehead atoms. The quantitative estimate of drug-likeness (QED) is 0.923. The van der Waals surface area contributed by atoms with E-state index in [1.54, 1.807) is 35.4 Å². The number of carbonyl (C=O) groups is 1. The van der Waals surface area contributed by atoms with Crippen molar-refractivity contribution >= 4 is 27.4 Å². The van der Waals surface area contributed by atoms with Gasteiger partial charge >= 0.3 is 0 Å². The molecular formula is C17H19N3O3S. The minimum Gasteiger partial charge on any atom is -0.312 e. The Morgan fingerprint density at radius 3 is 2.71 bits per heavy atom. The number of carbonyl (C=O) groups excluding carboxylic acids is 1. The Morgan fingerprint density at radius 2 is 2.00 bits per heavy atom. The van der Waals surface area contributed by atoms with E-state index in [2.05, 4.69) is 9.71 Å². The van der Waals surface area contributed by atoms with Gasteiger partial charge in [-0.2, -0.15) is 0 Å². The van der Waals surface area contributed by atoms with Crippen molar-refractivity contribution in [2.75, 3.05) is 16.2 Å². The van der Waals surface area contributed by atoms with Crippen LogP contribution in [0.5, 0.6) is 0 Å². The number of amides is 1. The number of nitrogens with one attached hydrogen (secondary N) is 1. The number of sulfonamides is 1. The molecule has 2 aromatic rings. The predicted molar refractivity (Wildman–Crippen MR) is 92.6 cm³/mol. The summed E-state index contributed by atoms with van der Waals surface area (Å²) in [7, 11) is -3.72. The van der Waals surface area contributed by atoms with Gasteiger partial charge in [0.15, 0.2) is 0 Å². The number of fused-ring (bicyclic) bond motifs is 1. The minimum absolute atomic E-state index is 0.0719. The maximum absolute atomic E-state index is 12.6. The van der Waals surface area contributed by atoms with Crippen molar-refractivity contribution in [2.24, 2.45) is 0 Å². The van der Waals surface area contributed by atoms with Crippen molar-refractivity contribution < 1.29 is 13.2 Å². The van der Waals surface area contributed by atoms with Crippen molar-refractivity contribution in [1.29, 1.82) is 0 Å². The van der Waals surface area contributed by atoms with Crippen LogP contribution in [0.3, 0.4) is 0 Å². The van der Waals surface area contributed by atoms with Gasteiger partial charge in [0.2, 0.25) is 5.91 Å². The molecule has 0 saturated carbocycles. The van der Waals surface area contributed by atoms with Crippen molar-refractivity contribution in [3.63, 3.8) is 0 Å². The van der Waals surface area contributed by atoms with Gasteiger partial charge in [-0.05, 0) is 61.7 Å². The number of pyridine rings is 1. The Balaban J connectivity index is 1.94. The summed E-state index contributed by atoms with van der Waals surface area (Å²) in [6.07, 6.45) is 2.51. The lowest BCUT2D eigenvalue weighted by molar-refractivity contribution is -0.118. The molecule has 0 aliphatic carbocycles. The second-order valence-corrected chi connectivity index (χ2v) is 7.43. The summed E-state index contributed by atoms with van der Waals surface area (Å²) in [4.78, 5) is 17.8. The Labute approximate surface area is 141 Å². The van der Waals surface area contributed by atoms with Crippen molar-refractivity contribution in [3.8, 4) is 0 Å². The number of benzene rings is 1. The number of aromatic nitrogens is 1. The zero-order valence-corrected chi connectivity index (χ0v) is 14.4. The van der Waals surface area contributed by atoms with Crippen LogP contribution in [-0.4, -0.2) is 25.9 Å². The van der Waals surface area contributed by atoms with Gasteiger partial charge in [0, 0.05) is 24.8 Å². The molecule has 0 radical (unpaired) electrons. The second kappa shape index (κ2) is 6.24. The zero-order chi connectivity index (χ0) is 17.3. The molecule has 0 spiro atoms. The molecule has 0 fully saturated rings. The van der Waals surface area contributed by atoms with E-state index in [4.69, 9.17) is 0 Å². The molecule has 0 saturated heterocycles. The summed E-state index contributed by atoms with van der Waals surface area (Å²) < 4.78 is 27.7. The first-order chi connectivity index (χ1) is 11.4. The smallest absolute Gasteiger partial charge is 0.263 e. The third-order valence-corrected chi connectivity index (χ3v) is 5.38. The molecule has 1 aromatic heterocycles. The minimum atomic E-state index is -3.72. The van der Waals surface area contributed by atoms with E-state index >= 15 is 0 Å². The third-order valence-electron chi connectivity index (χ3n) is 4.03. The molecule has 24 heavy (non-hydrogen) atoms. The standard InChI is InChI=1S/C17H19N3O3S/c1-3-20-15-6-5-14(11-13(15)4-7-17(20)21)24(22,23)19-16-10-12(2)8-9-18-16/h5-6,8-11H,3-4,7H2,1-2H3,(H,18,19). The Bertz CT molecular complexity index is 894. The summed E-state index contributed by atoms with van der Waals surface area (Å²) in [5, 5.41) is 0. The predicted octanol–water partition coefficient (Wildman–Crippen LogP) is 2.49. The van der Waals surface area contributed by atoms with E-state index in [1.807, 2.05) is 13.8 Å². The SMILES string of the molecule is CCN1C(=O)CCc2cc(S(=O)(=O)Nc3cc(C)ccn3)ccc21. The molecule has 7 heteroatoms. The number of hydrogen-bond acceptors (Lipinski definition) is 4. The van der Waals surface area contributed by atoms with Crippen molar-refractivity contribution in [1.82, 2.24) is 4.98 Å². The highest BCUT2D eigenvalue weighted by Gasteiger charge is 2.25. The molecule has 0 atom stereocenters. The monoisotopic (exact) mass is 345 g/mol. The topological polar surface area (TPSA) is 79.4 Å². The number of anilines is 2. The van der Waals surface area contributed by atoms with Gasteiger partial charge in [-0.3, -0.25) is 9.52 Å². The molecular weight excluding hydrogens is 326 g/mol. The summed E-state index contributed by atoms with van der Waals surface area (Å²) in [5.74, 6) is 0.362. The number of rotatable bonds is 4. The van der Waals surface area contributed by atoms with Crippen LogP contribution in [-0.2, 0) is 21.2 Å². The van der Waals surface area contributed by atoms with E-state index in [9.17, 15) is 13.2 Å². The average Bonchev–Trinajstić information content (AvgIpc) is 2.54. The molecule has 2 heterocycles. The van der Waals surface area contributed by atoms with E-state index in [1.165, 1.54) is 6.07 Å². The molecule has 0 unspecified atom stereocenters. The van der Waals surface area contributed by atoms with Crippen molar-refractivity contribution in [2.45, 2.75) is 31.6 Å². The molecule has 1 amide bonds. The molecule has 1 N–H and O–H groups in total. The van der Waals surface area contributed by atoms with Gasteiger partial charge in [0.25, 0.3) is 10.0 Å². The first-order valence-corrected chi connectivity index (χ1v) is 9.28. The fourth-order valence-corrected chi connectivity index (χ4v) is 3.89. The van der Waals surface area contributed by atoms with Crippen LogP contribution in [0.1, 0.15) is 24.5 Å². The molecule has 1 aliphatic rings. The van der Waals surface area contributed by atoms with E-state index in [0.29, 0.717) is 19.4 Å². The molecule has 1 aliphatic heterocycles. The summed E-state index contributed by atoms with van der Waals surface area (Å²) in [6, 6.07) is 8.34. The number of hydrogen-bond donors (Lipinski definition) is 1. The highest BCUT2D eigenvalue weighted by molar-refractivity contribution is 7.92. The van der Waals surface area contributed by atoms with Gasteiger partial charge in [-0.1, -0.05) is 0 Å². The first-order valence-electron chi connectivity index (χ1n) is 7.79. The van der Waals surface area contributed by atoms with Gasteiger partial charge < -0.3 is 4.90 Å². The van der Waals surface area contributed by atoms with E-state index < -0.39 is 10.0 Å². The molecule has 6 nitrogen and oxygen atoms in total. The van der Waals surface area contributed by atoms with Gasteiger partial charge in [-0.25, -0.2) is 13.4 Å². The summed E-state index contributed by atoms with van der Waals surface area (Å²) in [6.45, 7) is 4.35. The maximum Gasteiger partial charge on any atom is 0.263 e. The van der Waals surface area contributed by atoms with Crippen LogP contribution >= 0.6 is 0 Å². The Kier molecular flexibility index (Phi) is 4.28. The molecule has 1 aromatic carbocycles. The highest BCUT2D eigenvalue weighted by atomic mass is 32.2. The maximum atomic E-state index is 12.6. The highest BCUT2D eigenvalue weighted by Crippen LogP contribution is 2.30. The normalized spacial score (nSPS) is 14.4. The van der Waals surface area contributed by atoms with E-state index in [0.717, 1.165) is 16.8 Å². The first kappa shape index (κ1) is 16.4. The number of nitrogens with zero attached hydrogens (tertiary/aromatic N) is 2. The summed E-state index contributed by atoms with van der Waals surface area (Å²) in [5.41, 5.74) is 2.59. The lowest BCUT2D eigenvalue weighted by atomic mass is 10.0. The van der Waals surface area contributed by atoms with Crippen LogP contribution in [0.15, 0.2) is 41.4 Å². The Morgan fingerprint density at radius 1 is 1.21 bits per heavy atom. The molecule has 3 rings (SSSR count). The lowest BCUT2D eigenvalue weighted by Gasteiger charge is -2.28. The van der Waals surface area contributed by atoms with Crippen LogP contribution in [0.4, 0.5) is 11.5 Å². The Hall–Kier alpha value is -2.41. The van der Waals surface area contributed by atoms with Gasteiger partial charge in [0.1, 0.15) is 5.82 Å². The van der Waals surface area contributed by atoms with Crippen LogP contribution < -0.4 is 9.62 Å². The van der Waals surface area contributed by atoms with Crippen LogP contribution in [0.25, 0.3) is 0 Å². The largest absolute Gasteiger partial charge is 0.312 e. The zero-order valence-electron chi connectivity index (χ0n) is 13.6. The second-order valence-electron chi connectivity index (χ2n) is 5.75. The van der Waals surface area contributed by atoms with Crippen LogP contribution in [0.2, 0.25) is 0 Å². The fraction of sp³-hybridized carbons (Fsp3) is 0.294. The third kappa shape index (κ3) is 3.12. The fourth-order valence-electron chi connectivity index (χ4n) is 2.84. The molecule has 126 valence electrons. The van der Waals surface area contributed by atoms with Gasteiger partial charge in [0.05, 0.1) is 4.90 Å². The van der Waals surface area contributed by atoms with Crippen molar-refractivity contribution in [3.05, 3.63) is 47.7 Å². The lowest BCUT2D eigenvalue weighted by Crippen LogP contribution is -2.34. The average molecular weight is 345 g/mol. The van der Waals surface area contributed by atoms with Crippen LogP contribution in [0, 0.1) is 6.92 Å².